The summed E-state index contributed by atoms with van der Waals surface area (Å²) in [6.45, 7) is 0.551. The zero-order valence-electron chi connectivity index (χ0n) is 12.9. The van der Waals surface area contributed by atoms with Crippen molar-refractivity contribution in [1.29, 1.82) is 0 Å². The largest absolute Gasteiger partial charge is 0.349 e. The molecule has 0 bridgehead atoms. The normalized spacial score (nSPS) is 15.9. The molecule has 2 N–H and O–H groups in total. The summed E-state index contributed by atoms with van der Waals surface area (Å²) >= 11 is 6.25. The van der Waals surface area contributed by atoms with Gasteiger partial charge in [-0.05, 0) is 36.3 Å². The Bertz CT molecular complexity index is 776. The molecule has 23 heavy (non-hydrogen) atoms. The number of H-pyrrole nitrogens is 1. The first kappa shape index (κ1) is 15.8. The van der Waals surface area contributed by atoms with Crippen LogP contribution < -0.4 is 11.0 Å². The van der Waals surface area contributed by atoms with Gasteiger partial charge >= 0.3 is 5.69 Å². The number of halogens is 1. The Balaban J connectivity index is 1.66. The van der Waals surface area contributed by atoms with E-state index in [1.807, 2.05) is 24.3 Å². The van der Waals surface area contributed by atoms with Crippen LogP contribution in [0.5, 0.6) is 0 Å². The highest BCUT2D eigenvalue weighted by Crippen LogP contribution is 2.44. The molecule has 0 aliphatic heterocycles. The van der Waals surface area contributed by atoms with Gasteiger partial charge < -0.3 is 5.32 Å². The molecule has 2 aromatic rings. The molecule has 1 aliphatic carbocycles. The van der Waals surface area contributed by atoms with Crippen molar-refractivity contribution in [3.05, 3.63) is 51.2 Å². The summed E-state index contributed by atoms with van der Waals surface area (Å²) in [6.07, 6.45) is 4.10. The number of hydrogen-bond acceptors (Lipinski definition) is 3. The molecule has 0 spiro atoms. The summed E-state index contributed by atoms with van der Waals surface area (Å²) in [5.41, 5.74) is 0.745. The Morgan fingerprint density at radius 2 is 2.17 bits per heavy atom. The molecular formula is C16H19ClN4O2. The van der Waals surface area contributed by atoms with E-state index in [0.29, 0.717) is 6.54 Å². The summed E-state index contributed by atoms with van der Waals surface area (Å²) in [6, 6.07) is 7.81. The molecule has 0 radical (unpaired) electrons. The number of benzene rings is 1. The van der Waals surface area contributed by atoms with Gasteiger partial charge in [0.25, 0.3) is 5.91 Å². The second-order valence-corrected chi connectivity index (χ2v) is 6.61. The van der Waals surface area contributed by atoms with Crippen LogP contribution in [-0.2, 0) is 13.5 Å². The third-order valence-corrected chi connectivity index (χ3v) is 4.91. The van der Waals surface area contributed by atoms with Gasteiger partial charge in [0.15, 0.2) is 0 Å². The summed E-state index contributed by atoms with van der Waals surface area (Å²) in [5.74, 6) is -0.308. The number of aryl methyl sites for hydroxylation is 1. The number of rotatable bonds is 5. The Labute approximate surface area is 138 Å². The SMILES string of the molecule is Cn1nc(C(=O)NCC2(Cc3ccccc3Cl)CCC2)[nH]c1=O. The van der Waals surface area contributed by atoms with Gasteiger partial charge in [-0.1, -0.05) is 36.2 Å². The summed E-state index contributed by atoms with van der Waals surface area (Å²) in [7, 11) is 1.50. The number of carbonyl (C=O) groups is 1. The smallest absolute Gasteiger partial charge is 0.343 e. The summed E-state index contributed by atoms with van der Waals surface area (Å²) in [4.78, 5) is 25.9. The first-order valence-corrected chi connectivity index (χ1v) is 8.02. The van der Waals surface area contributed by atoms with E-state index in [0.717, 1.165) is 41.0 Å². The van der Waals surface area contributed by atoms with E-state index in [1.54, 1.807) is 0 Å². The van der Waals surface area contributed by atoms with Crippen molar-refractivity contribution in [3.8, 4) is 0 Å². The standard InChI is InChI=1S/C16H19ClN4O2/c1-21-15(23)19-13(20-21)14(22)18-10-16(7-4-8-16)9-11-5-2-3-6-12(11)17/h2-3,5-6H,4,7-10H2,1H3,(H,18,22)(H,19,20,23). The Morgan fingerprint density at radius 3 is 2.74 bits per heavy atom. The molecule has 3 rings (SSSR count). The Hall–Kier alpha value is -2.08. The Kier molecular flexibility index (Phi) is 4.26. The van der Waals surface area contributed by atoms with Gasteiger partial charge in [0, 0.05) is 18.6 Å². The fourth-order valence-corrected chi connectivity index (χ4v) is 3.20. The van der Waals surface area contributed by atoms with Crippen LogP contribution in [0.4, 0.5) is 0 Å². The molecule has 1 amide bonds. The zero-order chi connectivity index (χ0) is 16.4. The van der Waals surface area contributed by atoms with Crippen LogP contribution in [0.25, 0.3) is 0 Å². The molecule has 1 aromatic carbocycles. The molecule has 7 heteroatoms. The van der Waals surface area contributed by atoms with Crippen molar-refractivity contribution in [3.63, 3.8) is 0 Å². The number of amides is 1. The van der Waals surface area contributed by atoms with Crippen LogP contribution >= 0.6 is 11.6 Å². The van der Waals surface area contributed by atoms with Crippen molar-refractivity contribution < 1.29 is 4.79 Å². The van der Waals surface area contributed by atoms with Crippen LogP contribution in [0.1, 0.15) is 35.4 Å². The van der Waals surface area contributed by atoms with Crippen LogP contribution in [0.15, 0.2) is 29.1 Å². The maximum absolute atomic E-state index is 12.1. The van der Waals surface area contributed by atoms with Gasteiger partial charge in [-0.2, -0.15) is 0 Å². The van der Waals surface area contributed by atoms with Crippen molar-refractivity contribution >= 4 is 17.5 Å². The lowest BCUT2D eigenvalue weighted by molar-refractivity contribution is 0.0850. The summed E-state index contributed by atoms with van der Waals surface area (Å²) < 4.78 is 1.11. The molecular weight excluding hydrogens is 316 g/mol. The highest BCUT2D eigenvalue weighted by atomic mass is 35.5. The van der Waals surface area contributed by atoms with Gasteiger partial charge in [-0.3, -0.25) is 9.78 Å². The minimum absolute atomic E-state index is 0.0374. The first-order chi connectivity index (χ1) is 11.0. The lowest BCUT2D eigenvalue weighted by atomic mass is 9.65. The Morgan fingerprint density at radius 1 is 1.43 bits per heavy atom. The highest BCUT2D eigenvalue weighted by Gasteiger charge is 2.37. The van der Waals surface area contributed by atoms with Crippen LogP contribution in [0.2, 0.25) is 5.02 Å². The third kappa shape index (κ3) is 3.32. The number of aromatic amines is 1. The second-order valence-electron chi connectivity index (χ2n) is 6.21. The van der Waals surface area contributed by atoms with Crippen molar-refractivity contribution in [2.45, 2.75) is 25.7 Å². The fourth-order valence-electron chi connectivity index (χ4n) is 2.99. The van der Waals surface area contributed by atoms with Gasteiger partial charge in [0.1, 0.15) is 0 Å². The topological polar surface area (TPSA) is 79.8 Å². The zero-order valence-corrected chi connectivity index (χ0v) is 13.7. The summed E-state index contributed by atoms with van der Waals surface area (Å²) in [5, 5.41) is 7.53. The van der Waals surface area contributed by atoms with Gasteiger partial charge in [-0.25, -0.2) is 9.48 Å². The average molecular weight is 335 g/mol. The third-order valence-electron chi connectivity index (χ3n) is 4.55. The number of carbonyl (C=O) groups excluding carboxylic acids is 1. The molecule has 0 saturated heterocycles. The molecule has 1 fully saturated rings. The molecule has 122 valence electrons. The maximum atomic E-state index is 12.1. The van der Waals surface area contributed by atoms with Crippen molar-refractivity contribution in [2.24, 2.45) is 12.5 Å². The van der Waals surface area contributed by atoms with Gasteiger partial charge in [-0.15, -0.1) is 5.10 Å². The lowest BCUT2D eigenvalue weighted by Gasteiger charge is -2.42. The van der Waals surface area contributed by atoms with Gasteiger partial charge in [0.2, 0.25) is 5.82 Å². The van der Waals surface area contributed by atoms with Crippen molar-refractivity contribution in [1.82, 2.24) is 20.1 Å². The van der Waals surface area contributed by atoms with E-state index in [2.05, 4.69) is 15.4 Å². The maximum Gasteiger partial charge on any atom is 0.343 e. The molecule has 1 heterocycles. The van der Waals surface area contributed by atoms with E-state index in [-0.39, 0.29) is 17.1 Å². The number of aromatic nitrogens is 3. The number of hydrogen-bond donors (Lipinski definition) is 2. The molecule has 1 aliphatic rings. The van der Waals surface area contributed by atoms with E-state index in [1.165, 1.54) is 7.05 Å². The second kappa shape index (κ2) is 6.20. The van der Waals surface area contributed by atoms with E-state index in [4.69, 9.17) is 11.6 Å². The minimum atomic E-state index is -0.399. The highest BCUT2D eigenvalue weighted by molar-refractivity contribution is 6.31. The molecule has 6 nitrogen and oxygen atoms in total. The van der Waals surface area contributed by atoms with E-state index >= 15 is 0 Å². The molecule has 0 unspecified atom stereocenters. The van der Waals surface area contributed by atoms with Crippen LogP contribution in [0.3, 0.4) is 0 Å². The fraction of sp³-hybridized carbons (Fsp3) is 0.438. The number of nitrogens with one attached hydrogen (secondary N) is 2. The molecule has 1 saturated carbocycles. The van der Waals surface area contributed by atoms with Crippen LogP contribution in [-0.4, -0.2) is 27.2 Å². The predicted molar refractivity (Wildman–Crippen MR) is 87.6 cm³/mol. The average Bonchev–Trinajstić information content (AvgIpc) is 2.83. The molecule has 1 aromatic heterocycles. The lowest BCUT2D eigenvalue weighted by Crippen LogP contribution is -2.44. The van der Waals surface area contributed by atoms with Crippen LogP contribution in [0, 0.1) is 5.41 Å². The minimum Gasteiger partial charge on any atom is -0.349 e. The first-order valence-electron chi connectivity index (χ1n) is 7.64. The quantitative estimate of drug-likeness (QED) is 0.876. The van der Waals surface area contributed by atoms with E-state index in [9.17, 15) is 9.59 Å². The number of nitrogens with zero attached hydrogens (tertiary/aromatic N) is 2. The van der Waals surface area contributed by atoms with Crippen molar-refractivity contribution in [2.75, 3.05) is 6.54 Å². The molecule has 0 atom stereocenters. The monoisotopic (exact) mass is 334 g/mol. The van der Waals surface area contributed by atoms with E-state index < -0.39 is 5.69 Å². The predicted octanol–water partition coefficient (Wildman–Crippen LogP) is 1.90. The van der Waals surface area contributed by atoms with Gasteiger partial charge in [0.05, 0.1) is 0 Å².